The number of hydrogen-bond donors (Lipinski definition) is 1. The summed E-state index contributed by atoms with van der Waals surface area (Å²) in [5.74, 6) is -0.946. The molecule has 0 bridgehead atoms. The minimum atomic E-state index is -0.946. The van der Waals surface area contributed by atoms with Crippen LogP contribution in [0.15, 0.2) is 59.1 Å². The van der Waals surface area contributed by atoms with Gasteiger partial charge >= 0.3 is 5.97 Å². The topological polar surface area (TPSA) is 55.1 Å². The maximum absolute atomic E-state index is 11.9. The summed E-state index contributed by atoms with van der Waals surface area (Å²) < 4.78 is 2.70. The highest BCUT2D eigenvalue weighted by molar-refractivity contribution is 9.10. The second-order valence-corrected chi connectivity index (χ2v) is 6.40. The van der Waals surface area contributed by atoms with Gasteiger partial charge in [0.2, 0.25) is 0 Å². The van der Waals surface area contributed by atoms with Crippen molar-refractivity contribution >= 4 is 21.9 Å². The van der Waals surface area contributed by atoms with Gasteiger partial charge in [0.25, 0.3) is 0 Å². The summed E-state index contributed by atoms with van der Waals surface area (Å²) in [5, 5.41) is 14.4. The van der Waals surface area contributed by atoms with E-state index >= 15 is 0 Å². The Morgan fingerprint density at radius 1 is 1.12 bits per heavy atom. The molecule has 0 fully saturated rings. The first-order valence-corrected chi connectivity index (χ1v) is 8.57. The van der Waals surface area contributed by atoms with Crippen molar-refractivity contribution in [3.63, 3.8) is 0 Å². The number of benzene rings is 2. The largest absolute Gasteiger partial charge is 0.478 e. The molecule has 0 saturated carbocycles. The van der Waals surface area contributed by atoms with Crippen molar-refractivity contribution in [2.75, 3.05) is 0 Å². The highest BCUT2D eigenvalue weighted by Crippen LogP contribution is 2.29. The maximum atomic E-state index is 11.9. The number of rotatable bonds is 5. The summed E-state index contributed by atoms with van der Waals surface area (Å²) >= 11 is 3.40. The average molecular weight is 385 g/mol. The summed E-state index contributed by atoms with van der Waals surface area (Å²) in [6.07, 6.45) is 1.50. The molecule has 1 aromatic heterocycles. The first kappa shape index (κ1) is 16.5. The SMILES string of the molecule is CCCc1c(C(=O)O)c(-c2ccc(Br)cc2)nn1-c1ccccc1. The molecule has 0 amide bonds. The van der Waals surface area contributed by atoms with E-state index in [-0.39, 0.29) is 5.56 Å². The van der Waals surface area contributed by atoms with Gasteiger partial charge in [-0.25, -0.2) is 9.48 Å². The zero-order valence-electron chi connectivity index (χ0n) is 13.2. The molecule has 3 aromatic rings. The summed E-state index contributed by atoms with van der Waals surface area (Å²) in [6, 6.07) is 17.2. The van der Waals surface area contributed by atoms with Crippen LogP contribution in [-0.4, -0.2) is 20.9 Å². The summed E-state index contributed by atoms with van der Waals surface area (Å²) in [4.78, 5) is 11.9. The molecule has 3 rings (SSSR count). The fourth-order valence-electron chi connectivity index (χ4n) is 2.74. The molecule has 1 N–H and O–H groups in total. The molecular weight excluding hydrogens is 368 g/mol. The van der Waals surface area contributed by atoms with E-state index in [4.69, 9.17) is 0 Å². The van der Waals surface area contributed by atoms with Gasteiger partial charge in [0, 0.05) is 10.0 Å². The second kappa shape index (κ2) is 7.01. The zero-order chi connectivity index (χ0) is 17.1. The number of halogens is 1. The smallest absolute Gasteiger partial charge is 0.339 e. The molecule has 4 nitrogen and oxygen atoms in total. The third-order valence-electron chi connectivity index (χ3n) is 3.80. The number of aromatic carboxylic acids is 1. The van der Waals surface area contributed by atoms with Crippen LogP contribution >= 0.6 is 15.9 Å². The summed E-state index contributed by atoms with van der Waals surface area (Å²) in [6.45, 7) is 2.03. The number of para-hydroxylation sites is 1. The van der Waals surface area contributed by atoms with Crippen LogP contribution in [0.1, 0.15) is 29.4 Å². The quantitative estimate of drug-likeness (QED) is 0.676. The molecule has 0 aliphatic heterocycles. The van der Waals surface area contributed by atoms with Gasteiger partial charge < -0.3 is 5.11 Å². The molecule has 0 unspecified atom stereocenters. The van der Waals surface area contributed by atoms with E-state index in [0.29, 0.717) is 12.1 Å². The van der Waals surface area contributed by atoms with Crippen LogP contribution in [0, 0.1) is 0 Å². The fourth-order valence-corrected chi connectivity index (χ4v) is 3.00. The molecule has 24 heavy (non-hydrogen) atoms. The summed E-state index contributed by atoms with van der Waals surface area (Å²) in [5.41, 5.74) is 3.17. The number of aromatic nitrogens is 2. The lowest BCUT2D eigenvalue weighted by Gasteiger charge is -2.07. The fraction of sp³-hybridized carbons (Fsp3) is 0.158. The van der Waals surface area contributed by atoms with Gasteiger partial charge in [0.15, 0.2) is 0 Å². The van der Waals surface area contributed by atoms with E-state index in [0.717, 1.165) is 27.8 Å². The highest BCUT2D eigenvalue weighted by atomic mass is 79.9. The Kier molecular flexibility index (Phi) is 4.81. The Hall–Kier alpha value is -2.40. The van der Waals surface area contributed by atoms with Crippen LogP contribution in [0.5, 0.6) is 0 Å². The van der Waals surface area contributed by atoms with Crippen LogP contribution in [0.3, 0.4) is 0 Å². The standard InChI is InChI=1S/C19H17BrN2O2/c1-2-6-16-17(19(23)24)18(13-9-11-14(20)12-10-13)21-22(16)15-7-4-3-5-8-15/h3-5,7-12H,2,6H2,1H3,(H,23,24). The molecule has 5 heteroatoms. The summed E-state index contributed by atoms with van der Waals surface area (Å²) in [7, 11) is 0. The molecule has 0 aliphatic carbocycles. The minimum Gasteiger partial charge on any atom is -0.478 e. The number of carbonyl (C=O) groups is 1. The van der Waals surface area contributed by atoms with E-state index in [9.17, 15) is 9.90 Å². The third kappa shape index (κ3) is 3.12. The number of carboxylic acids is 1. The Balaban J connectivity index is 2.25. The van der Waals surface area contributed by atoms with Gasteiger partial charge in [-0.15, -0.1) is 0 Å². The van der Waals surface area contributed by atoms with Gasteiger partial charge in [-0.05, 0) is 30.7 Å². The van der Waals surface area contributed by atoms with E-state index in [1.54, 1.807) is 4.68 Å². The average Bonchev–Trinajstić information content (AvgIpc) is 2.96. The predicted molar refractivity (Wildman–Crippen MR) is 97.7 cm³/mol. The third-order valence-corrected chi connectivity index (χ3v) is 4.33. The van der Waals surface area contributed by atoms with Gasteiger partial charge in [-0.2, -0.15) is 5.10 Å². The van der Waals surface area contributed by atoms with Crippen LogP contribution in [0.2, 0.25) is 0 Å². The lowest BCUT2D eigenvalue weighted by atomic mass is 10.0. The van der Waals surface area contributed by atoms with Gasteiger partial charge in [0.1, 0.15) is 11.3 Å². The molecule has 1 heterocycles. The second-order valence-electron chi connectivity index (χ2n) is 5.48. The van der Waals surface area contributed by atoms with Crippen LogP contribution in [0.25, 0.3) is 16.9 Å². The van der Waals surface area contributed by atoms with E-state index < -0.39 is 5.97 Å². The van der Waals surface area contributed by atoms with Crippen molar-refractivity contribution in [1.29, 1.82) is 0 Å². The Bertz CT molecular complexity index is 855. The van der Waals surface area contributed by atoms with Crippen molar-refractivity contribution in [2.45, 2.75) is 19.8 Å². The first-order valence-electron chi connectivity index (χ1n) is 7.78. The van der Waals surface area contributed by atoms with E-state index in [1.165, 1.54) is 0 Å². The van der Waals surface area contributed by atoms with Crippen molar-refractivity contribution in [2.24, 2.45) is 0 Å². The molecule has 0 aliphatic rings. The van der Waals surface area contributed by atoms with Crippen LogP contribution in [-0.2, 0) is 6.42 Å². The van der Waals surface area contributed by atoms with Gasteiger partial charge in [-0.3, -0.25) is 0 Å². The molecule has 0 atom stereocenters. The van der Waals surface area contributed by atoms with Gasteiger partial charge in [0.05, 0.1) is 11.4 Å². The number of carboxylic acid groups (broad SMARTS) is 1. The van der Waals surface area contributed by atoms with Crippen LogP contribution < -0.4 is 0 Å². The molecular formula is C19H17BrN2O2. The van der Waals surface area contributed by atoms with Gasteiger partial charge in [-0.1, -0.05) is 59.6 Å². The molecule has 0 saturated heterocycles. The lowest BCUT2D eigenvalue weighted by Crippen LogP contribution is -2.06. The molecule has 122 valence electrons. The lowest BCUT2D eigenvalue weighted by molar-refractivity contribution is 0.0696. The Morgan fingerprint density at radius 3 is 2.38 bits per heavy atom. The number of nitrogens with zero attached hydrogens (tertiary/aromatic N) is 2. The van der Waals surface area contributed by atoms with Crippen molar-refractivity contribution < 1.29 is 9.90 Å². The zero-order valence-corrected chi connectivity index (χ0v) is 14.8. The highest BCUT2D eigenvalue weighted by Gasteiger charge is 2.24. The maximum Gasteiger partial charge on any atom is 0.339 e. The minimum absolute atomic E-state index is 0.281. The monoisotopic (exact) mass is 384 g/mol. The molecule has 0 spiro atoms. The Morgan fingerprint density at radius 2 is 1.79 bits per heavy atom. The van der Waals surface area contributed by atoms with Crippen molar-refractivity contribution in [3.05, 3.63) is 70.3 Å². The van der Waals surface area contributed by atoms with E-state index in [1.807, 2.05) is 61.5 Å². The number of hydrogen-bond acceptors (Lipinski definition) is 2. The van der Waals surface area contributed by atoms with Crippen LogP contribution in [0.4, 0.5) is 0 Å². The molecule has 2 aromatic carbocycles. The first-order chi connectivity index (χ1) is 11.6. The van der Waals surface area contributed by atoms with E-state index in [2.05, 4.69) is 21.0 Å². The predicted octanol–water partition coefficient (Wildman–Crippen LogP) is 4.95. The Labute approximate surface area is 148 Å². The normalized spacial score (nSPS) is 10.8. The van der Waals surface area contributed by atoms with Crippen molar-refractivity contribution in [3.8, 4) is 16.9 Å². The molecule has 0 radical (unpaired) electrons. The van der Waals surface area contributed by atoms with Crippen molar-refractivity contribution in [1.82, 2.24) is 9.78 Å².